The molecule has 0 saturated heterocycles. The smallest absolute Gasteiger partial charge is 0.197 e. The van der Waals surface area contributed by atoms with Gasteiger partial charge in [-0.3, -0.25) is 0 Å². The standard InChI is InChI=1S/C9H9BrN4/c10-7-3-11-8-9(13-7)14(5-12-8)4-6-1-2-6/h3,5-6H,1-2,4H2. The summed E-state index contributed by atoms with van der Waals surface area (Å²) in [6.07, 6.45) is 6.18. The van der Waals surface area contributed by atoms with E-state index in [-0.39, 0.29) is 0 Å². The summed E-state index contributed by atoms with van der Waals surface area (Å²) in [6, 6.07) is 0. The summed E-state index contributed by atoms with van der Waals surface area (Å²) in [5.74, 6) is 0.827. The lowest BCUT2D eigenvalue weighted by Gasteiger charge is -2.00. The average molecular weight is 253 g/mol. The maximum absolute atomic E-state index is 4.37. The molecule has 0 unspecified atom stereocenters. The molecular formula is C9H9BrN4. The van der Waals surface area contributed by atoms with Crippen LogP contribution in [0.1, 0.15) is 12.8 Å². The maximum Gasteiger partial charge on any atom is 0.197 e. The van der Waals surface area contributed by atoms with E-state index in [1.165, 1.54) is 12.8 Å². The molecular weight excluding hydrogens is 244 g/mol. The Hall–Kier alpha value is -0.970. The Morgan fingerprint density at radius 1 is 1.43 bits per heavy atom. The van der Waals surface area contributed by atoms with Crippen molar-refractivity contribution in [3.63, 3.8) is 0 Å². The highest BCUT2D eigenvalue weighted by molar-refractivity contribution is 9.10. The van der Waals surface area contributed by atoms with Crippen LogP contribution in [0.2, 0.25) is 0 Å². The number of aromatic nitrogens is 4. The van der Waals surface area contributed by atoms with E-state index in [2.05, 4.69) is 35.4 Å². The lowest BCUT2D eigenvalue weighted by Crippen LogP contribution is -1.99. The van der Waals surface area contributed by atoms with Crippen molar-refractivity contribution in [1.29, 1.82) is 0 Å². The summed E-state index contributed by atoms with van der Waals surface area (Å²) in [6.45, 7) is 1.03. The maximum atomic E-state index is 4.37. The average Bonchev–Trinajstić information content (AvgIpc) is 2.90. The molecule has 2 aromatic rings. The van der Waals surface area contributed by atoms with E-state index in [9.17, 15) is 0 Å². The fraction of sp³-hybridized carbons (Fsp3) is 0.444. The number of imidazole rings is 1. The number of fused-ring (bicyclic) bond motifs is 1. The Morgan fingerprint density at radius 3 is 3.07 bits per heavy atom. The van der Waals surface area contributed by atoms with E-state index in [0.29, 0.717) is 0 Å². The first-order chi connectivity index (χ1) is 6.83. The molecule has 14 heavy (non-hydrogen) atoms. The van der Waals surface area contributed by atoms with Gasteiger partial charge in [0.2, 0.25) is 0 Å². The van der Waals surface area contributed by atoms with Crippen LogP contribution in [0.5, 0.6) is 0 Å². The number of hydrogen-bond donors (Lipinski definition) is 0. The first-order valence-electron chi connectivity index (χ1n) is 4.66. The van der Waals surface area contributed by atoms with Crippen LogP contribution in [0.4, 0.5) is 0 Å². The van der Waals surface area contributed by atoms with E-state index in [1.54, 1.807) is 6.20 Å². The number of nitrogens with zero attached hydrogens (tertiary/aromatic N) is 4. The molecule has 0 bridgehead atoms. The molecule has 72 valence electrons. The zero-order chi connectivity index (χ0) is 9.54. The van der Waals surface area contributed by atoms with Crippen molar-refractivity contribution in [3.8, 4) is 0 Å². The fourth-order valence-corrected chi connectivity index (χ4v) is 1.80. The molecule has 1 saturated carbocycles. The van der Waals surface area contributed by atoms with Crippen LogP contribution in [0.25, 0.3) is 11.3 Å². The van der Waals surface area contributed by atoms with Crippen LogP contribution in [-0.2, 0) is 6.54 Å². The van der Waals surface area contributed by atoms with Gasteiger partial charge in [0, 0.05) is 6.54 Å². The molecule has 0 aliphatic heterocycles. The van der Waals surface area contributed by atoms with Crippen LogP contribution >= 0.6 is 15.9 Å². The molecule has 0 aromatic carbocycles. The second-order valence-electron chi connectivity index (χ2n) is 3.68. The van der Waals surface area contributed by atoms with E-state index in [1.807, 2.05) is 6.33 Å². The van der Waals surface area contributed by atoms with Gasteiger partial charge in [-0.25, -0.2) is 15.0 Å². The number of rotatable bonds is 2. The van der Waals surface area contributed by atoms with E-state index < -0.39 is 0 Å². The summed E-state index contributed by atoms with van der Waals surface area (Å²) in [5, 5.41) is 0. The van der Waals surface area contributed by atoms with Crippen molar-refractivity contribution in [2.24, 2.45) is 5.92 Å². The van der Waals surface area contributed by atoms with Gasteiger partial charge in [0.15, 0.2) is 11.3 Å². The van der Waals surface area contributed by atoms with Crippen molar-refractivity contribution >= 4 is 27.2 Å². The molecule has 2 aromatic heterocycles. The van der Waals surface area contributed by atoms with Gasteiger partial charge in [0.25, 0.3) is 0 Å². The minimum absolute atomic E-state index is 0.730. The molecule has 0 radical (unpaired) electrons. The van der Waals surface area contributed by atoms with E-state index in [0.717, 1.165) is 28.4 Å². The molecule has 1 aliphatic rings. The van der Waals surface area contributed by atoms with E-state index in [4.69, 9.17) is 0 Å². The van der Waals surface area contributed by atoms with Gasteiger partial charge in [-0.05, 0) is 34.7 Å². The Bertz CT molecular complexity index is 475. The topological polar surface area (TPSA) is 43.6 Å². The van der Waals surface area contributed by atoms with Crippen LogP contribution in [-0.4, -0.2) is 19.5 Å². The quantitative estimate of drug-likeness (QED) is 0.822. The van der Waals surface area contributed by atoms with Gasteiger partial charge >= 0.3 is 0 Å². The van der Waals surface area contributed by atoms with Crippen LogP contribution in [0, 0.1) is 5.92 Å². The summed E-state index contributed by atoms with van der Waals surface area (Å²) < 4.78 is 2.85. The third kappa shape index (κ3) is 1.41. The summed E-state index contributed by atoms with van der Waals surface area (Å²) in [7, 11) is 0. The van der Waals surface area contributed by atoms with Crippen LogP contribution < -0.4 is 0 Å². The second kappa shape index (κ2) is 3.02. The first-order valence-corrected chi connectivity index (χ1v) is 5.45. The first kappa shape index (κ1) is 8.35. The van der Waals surface area contributed by atoms with Gasteiger partial charge in [-0.1, -0.05) is 0 Å². The molecule has 0 spiro atoms. The molecule has 3 rings (SSSR count). The third-order valence-electron chi connectivity index (χ3n) is 2.45. The lowest BCUT2D eigenvalue weighted by atomic mass is 10.4. The Morgan fingerprint density at radius 2 is 2.29 bits per heavy atom. The fourth-order valence-electron chi connectivity index (χ4n) is 1.53. The Kier molecular flexibility index (Phi) is 1.80. The normalized spacial score (nSPS) is 16.4. The van der Waals surface area contributed by atoms with Crippen molar-refractivity contribution in [3.05, 3.63) is 17.1 Å². The predicted octanol–water partition coefficient (Wildman–Crippen LogP) is 2.00. The second-order valence-corrected chi connectivity index (χ2v) is 4.49. The lowest BCUT2D eigenvalue weighted by molar-refractivity contribution is 0.637. The molecule has 1 fully saturated rings. The zero-order valence-corrected chi connectivity index (χ0v) is 9.11. The van der Waals surface area contributed by atoms with Gasteiger partial charge in [0.05, 0.1) is 12.5 Å². The zero-order valence-electron chi connectivity index (χ0n) is 7.52. The SMILES string of the molecule is Brc1cnc2ncn(CC3CC3)c2n1. The van der Waals surface area contributed by atoms with Gasteiger partial charge in [-0.2, -0.15) is 0 Å². The Balaban J connectivity index is 2.08. The van der Waals surface area contributed by atoms with Crippen molar-refractivity contribution in [1.82, 2.24) is 19.5 Å². The van der Waals surface area contributed by atoms with Crippen molar-refractivity contribution < 1.29 is 0 Å². The molecule has 0 atom stereocenters. The summed E-state index contributed by atoms with van der Waals surface area (Å²) in [5.41, 5.74) is 1.61. The monoisotopic (exact) mass is 252 g/mol. The van der Waals surface area contributed by atoms with Crippen molar-refractivity contribution in [2.45, 2.75) is 19.4 Å². The predicted molar refractivity (Wildman–Crippen MR) is 55.7 cm³/mol. The van der Waals surface area contributed by atoms with Gasteiger partial charge in [0.1, 0.15) is 4.60 Å². The molecule has 0 amide bonds. The minimum Gasteiger partial charge on any atom is -0.314 e. The summed E-state index contributed by atoms with van der Waals surface area (Å²) >= 11 is 3.32. The largest absolute Gasteiger partial charge is 0.314 e. The summed E-state index contributed by atoms with van der Waals surface area (Å²) in [4.78, 5) is 12.8. The molecule has 5 heteroatoms. The Labute approximate surface area is 89.5 Å². The van der Waals surface area contributed by atoms with Crippen LogP contribution in [0.15, 0.2) is 17.1 Å². The minimum atomic E-state index is 0.730. The van der Waals surface area contributed by atoms with Gasteiger partial charge in [-0.15, -0.1) is 0 Å². The van der Waals surface area contributed by atoms with Crippen molar-refractivity contribution in [2.75, 3.05) is 0 Å². The van der Waals surface area contributed by atoms with E-state index >= 15 is 0 Å². The molecule has 1 aliphatic carbocycles. The highest BCUT2D eigenvalue weighted by Crippen LogP contribution is 2.31. The highest BCUT2D eigenvalue weighted by Gasteiger charge is 2.22. The highest BCUT2D eigenvalue weighted by atomic mass is 79.9. The molecule has 2 heterocycles. The number of halogens is 1. The number of hydrogen-bond acceptors (Lipinski definition) is 3. The third-order valence-corrected chi connectivity index (χ3v) is 2.83. The van der Waals surface area contributed by atoms with Gasteiger partial charge < -0.3 is 4.57 Å². The van der Waals surface area contributed by atoms with Crippen LogP contribution in [0.3, 0.4) is 0 Å². The molecule has 0 N–H and O–H groups in total. The molecule has 4 nitrogen and oxygen atoms in total.